The molecule has 0 spiro atoms. The number of amides is 1. The highest BCUT2D eigenvalue weighted by Gasteiger charge is 2.30. The zero-order valence-electron chi connectivity index (χ0n) is 13.9. The fourth-order valence-corrected chi connectivity index (χ4v) is 4.42. The normalized spacial score (nSPS) is 25.0. The van der Waals surface area contributed by atoms with Crippen LogP contribution in [-0.4, -0.2) is 63.7 Å². The molecule has 3 N–H and O–H groups in total. The Hall–Kier alpha value is -1.52. The number of nitrogens with two attached hydrogens (primary N) is 1. The highest BCUT2D eigenvalue weighted by atomic mass is 32.2. The summed E-state index contributed by atoms with van der Waals surface area (Å²) >= 11 is 0. The van der Waals surface area contributed by atoms with Gasteiger partial charge in [-0.25, -0.2) is 8.42 Å². The van der Waals surface area contributed by atoms with Crippen LogP contribution >= 0.6 is 0 Å². The molecule has 0 radical (unpaired) electrons. The maximum absolute atomic E-state index is 12.7. The van der Waals surface area contributed by atoms with E-state index in [0.29, 0.717) is 45.0 Å². The average molecular weight is 369 g/mol. The van der Waals surface area contributed by atoms with Gasteiger partial charge in [-0.1, -0.05) is 6.07 Å². The molecule has 2 heterocycles. The minimum Gasteiger partial charge on any atom is -0.379 e. The predicted molar refractivity (Wildman–Crippen MR) is 91.6 cm³/mol. The number of rotatable bonds is 5. The Bertz CT molecular complexity index is 718. The van der Waals surface area contributed by atoms with Crippen molar-refractivity contribution in [1.29, 1.82) is 0 Å². The molecule has 1 aromatic rings. The van der Waals surface area contributed by atoms with Gasteiger partial charge in [-0.2, -0.15) is 4.31 Å². The van der Waals surface area contributed by atoms with Crippen LogP contribution in [0.3, 0.4) is 0 Å². The molecule has 2 saturated heterocycles. The molecule has 1 amide bonds. The summed E-state index contributed by atoms with van der Waals surface area (Å²) in [5.74, 6) is -0.281. The van der Waals surface area contributed by atoms with Gasteiger partial charge in [0.25, 0.3) is 5.91 Å². The van der Waals surface area contributed by atoms with Gasteiger partial charge in [0, 0.05) is 25.3 Å². The van der Waals surface area contributed by atoms with Crippen molar-refractivity contribution in [3.05, 3.63) is 24.3 Å². The van der Waals surface area contributed by atoms with Crippen LogP contribution in [0.1, 0.15) is 12.8 Å². The van der Waals surface area contributed by atoms with Crippen LogP contribution in [0.2, 0.25) is 0 Å². The second-order valence-corrected chi connectivity index (χ2v) is 8.03. The minimum atomic E-state index is -3.60. The first-order valence-corrected chi connectivity index (χ1v) is 9.79. The van der Waals surface area contributed by atoms with Gasteiger partial charge in [-0.3, -0.25) is 4.79 Å². The summed E-state index contributed by atoms with van der Waals surface area (Å²) in [6.45, 7) is 1.82. The third-order valence-electron chi connectivity index (χ3n) is 4.37. The maximum Gasteiger partial charge on any atom is 0.253 e. The monoisotopic (exact) mass is 369 g/mol. The van der Waals surface area contributed by atoms with Gasteiger partial charge in [0.05, 0.1) is 24.2 Å². The van der Waals surface area contributed by atoms with E-state index >= 15 is 0 Å². The second-order valence-electron chi connectivity index (χ2n) is 6.09. The minimum absolute atomic E-state index is 0.0937. The van der Waals surface area contributed by atoms with E-state index in [9.17, 15) is 13.2 Å². The number of carbonyl (C=O) groups excluding carboxylic acids is 1. The molecule has 0 saturated carbocycles. The van der Waals surface area contributed by atoms with Gasteiger partial charge < -0.3 is 20.5 Å². The molecule has 0 aromatic heterocycles. The van der Waals surface area contributed by atoms with Crippen LogP contribution in [0.25, 0.3) is 0 Å². The average Bonchev–Trinajstić information content (AvgIpc) is 3.12. The van der Waals surface area contributed by atoms with Crippen molar-refractivity contribution in [1.82, 2.24) is 4.31 Å². The largest absolute Gasteiger partial charge is 0.379 e. The van der Waals surface area contributed by atoms with Crippen molar-refractivity contribution in [2.75, 3.05) is 38.2 Å². The molecule has 138 valence electrons. The quantitative estimate of drug-likeness (QED) is 0.764. The van der Waals surface area contributed by atoms with Crippen LogP contribution in [0, 0.1) is 0 Å². The summed E-state index contributed by atoms with van der Waals surface area (Å²) in [6.07, 6.45) is 0.719. The summed E-state index contributed by atoms with van der Waals surface area (Å²) in [7, 11) is -3.60. The van der Waals surface area contributed by atoms with E-state index in [1.807, 2.05) is 0 Å². The van der Waals surface area contributed by atoms with E-state index in [4.69, 9.17) is 15.2 Å². The Morgan fingerprint density at radius 2 is 2.04 bits per heavy atom. The molecule has 2 aliphatic heterocycles. The van der Waals surface area contributed by atoms with Crippen molar-refractivity contribution in [3.63, 3.8) is 0 Å². The van der Waals surface area contributed by atoms with Crippen LogP contribution < -0.4 is 11.1 Å². The number of anilines is 1. The molecule has 25 heavy (non-hydrogen) atoms. The standard InChI is InChI=1S/C16H23N3O5S/c17-11-13-4-5-15(24-13)16(20)18-12-2-1-3-14(10-12)25(21,22)19-6-8-23-9-7-19/h1-3,10,13,15H,4-9,11,17H2,(H,18,20)/t13-,15+/m1/s1. The topological polar surface area (TPSA) is 111 Å². The summed E-state index contributed by atoms with van der Waals surface area (Å²) < 4.78 is 37.5. The molecular formula is C16H23N3O5S. The number of hydrogen-bond acceptors (Lipinski definition) is 6. The molecule has 2 aliphatic rings. The van der Waals surface area contributed by atoms with Gasteiger partial charge in [0.1, 0.15) is 6.10 Å². The molecule has 2 atom stereocenters. The fourth-order valence-electron chi connectivity index (χ4n) is 2.97. The smallest absolute Gasteiger partial charge is 0.253 e. The lowest BCUT2D eigenvalue weighted by atomic mass is 10.2. The molecule has 0 unspecified atom stereocenters. The van der Waals surface area contributed by atoms with Gasteiger partial charge in [-0.05, 0) is 31.0 Å². The first-order valence-electron chi connectivity index (χ1n) is 8.35. The summed E-state index contributed by atoms with van der Waals surface area (Å²) in [4.78, 5) is 12.4. The summed E-state index contributed by atoms with van der Waals surface area (Å²) in [6, 6.07) is 6.27. The zero-order valence-corrected chi connectivity index (χ0v) is 14.7. The lowest BCUT2D eigenvalue weighted by molar-refractivity contribution is -0.126. The molecule has 3 rings (SSSR count). The first-order chi connectivity index (χ1) is 12.0. The highest BCUT2D eigenvalue weighted by molar-refractivity contribution is 7.89. The van der Waals surface area contributed by atoms with Gasteiger partial charge >= 0.3 is 0 Å². The third kappa shape index (κ3) is 4.18. The number of carbonyl (C=O) groups is 1. The van der Waals surface area contributed by atoms with E-state index in [1.165, 1.54) is 16.4 Å². The van der Waals surface area contributed by atoms with Crippen molar-refractivity contribution >= 4 is 21.6 Å². The number of hydrogen-bond donors (Lipinski definition) is 2. The van der Waals surface area contributed by atoms with Crippen LogP contribution in [0.4, 0.5) is 5.69 Å². The Kier molecular flexibility index (Phi) is 5.70. The number of benzene rings is 1. The lowest BCUT2D eigenvalue weighted by Crippen LogP contribution is -2.40. The van der Waals surface area contributed by atoms with Crippen molar-refractivity contribution in [2.24, 2.45) is 5.73 Å². The number of nitrogens with one attached hydrogen (secondary N) is 1. The highest BCUT2D eigenvalue weighted by Crippen LogP contribution is 2.23. The first kappa shape index (κ1) is 18.3. The summed E-state index contributed by atoms with van der Waals surface area (Å²) in [5, 5.41) is 2.73. The Labute approximate surface area is 147 Å². The van der Waals surface area contributed by atoms with Crippen molar-refractivity contribution < 1.29 is 22.7 Å². The zero-order chi connectivity index (χ0) is 17.9. The number of nitrogens with zero attached hydrogens (tertiary/aromatic N) is 1. The van der Waals surface area contributed by atoms with Gasteiger partial charge in [-0.15, -0.1) is 0 Å². The van der Waals surface area contributed by atoms with E-state index in [-0.39, 0.29) is 16.9 Å². The molecule has 0 aliphatic carbocycles. The lowest BCUT2D eigenvalue weighted by Gasteiger charge is -2.26. The molecule has 9 heteroatoms. The SMILES string of the molecule is NC[C@H]1CC[C@@H](C(=O)Nc2cccc(S(=O)(=O)N3CCOCC3)c2)O1. The molecule has 1 aromatic carbocycles. The predicted octanol–water partition coefficient (Wildman–Crippen LogP) is 0.152. The van der Waals surface area contributed by atoms with Crippen molar-refractivity contribution in [2.45, 2.75) is 29.9 Å². The van der Waals surface area contributed by atoms with Crippen LogP contribution in [0.5, 0.6) is 0 Å². The van der Waals surface area contributed by atoms with Crippen LogP contribution in [0.15, 0.2) is 29.2 Å². The molecule has 2 fully saturated rings. The van der Waals surface area contributed by atoms with E-state index < -0.39 is 16.1 Å². The van der Waals surface area contributed by atoms with Gasteiger partial charge in [0.15, 0.2) is 0 Å². The molecule has 0 bridgehead atoms. The second kappa shape index (κ2) is 7.79. The van der Waals surface area contributed by atoms with Gasteiger partial charge in [0.2, 0.25) is 10.0 Å². The van der Waals surface area contributed by atoms with Crippen LogP contribution in [-0.2, 0) is 24.3 Å². The maximum atomic E-state index is 12.7. The molecule has 8 nitrogen and oxygen atoms in total. The number of morpholine rings is 1. The van der Waals surface area contributed by atoms with E-state index in [0.717, 1.165) is 6.42 Å². The Morgan fingerprint density at radius 1 is 1.28 bits per heavy atom. The molecular weight excluding hydrogens is 346 g/mol. The summed E-state index contributed by atoms with van der Waals surface area (Å²) in [5.41, 5.74) is 5.98. The fraction of sp³-hybridized carbons (Fsp3) is 0.562. The number of ether oxygens (including phenoxy) is 2. The third-order valence-corrected chi connectivity index (χ3v) is 6.27. The Balaban J connectivity index is 1.70. The van der Waals surface area contributed by atoms with Crippen molar-refractivity contribution in [3.8, 4) is 0 Å². The number of sulfonamides is 1. The van der Waals surface area contributed by atoms with E-state index in [1.54, 1.807) is 12.1 Å². The van der Waals surface area contributed by atoms with E-state index in [2.05, 4.69) is 5.32 Å². The Morgan fingerprint density at radius 3 is 2.72 bits per heavy atom.